The highest BCUT2D eigenvalue weighted by molar-refractivity contribution is 6.05. The quantitative estimate of drug-likeness (QED) is 0.730. The van der Waals surface area contributed by atoms with Crippen molar-refractivity contribution < 1.29 is 9.84 Å². The number of aliphatic hydroxyl groups is 1. The van der Waals surface area contributed by atoms with Crippen LogP contribution in [0, 0.1) is 0 Å². The first-order chi connectivity index (χ1) is 13.7. The minimum Gasteiger partial charge on any atom is -0.484 e. The molecular weight excluding hydrogens is 350 g/mol. The Morgan fingerprint density at radius 2 is 2.11 bits per heavy atom. The Kier molecular flexibility index (Phi) is 7.09. The number of aliphatic hydroxyl groups excluding tert-OH is 1. The highest BCUT2D eigenvalue weighted by atomic mass is 16.5. The van der Waals surface area contributed by atoms with Crippen LogP contribution >= 0.6 is 0 Å². The first-order valence-corrected chi connectivity index (χ1v) is 9.77. The molecule has 0 radical (unpaired) electrons. The molecule has 146 valence electrons. The lowest BCUT2D eigenvalue weighted by Crippen LogP contribution is -2.16. The monoisotopic (exact) mass is 377 g/mol. The second-order valence-corrected chi connectivity index (χ2v) is 6.83. The third-order valence-corrected chi connectivity index (χ3v) is 4.72. The number of fused-ring (bicyclic) bond motifs is 1. The SMILES string of the molecule is C=CC1=NC=C(OCc2cc3ccccc3cn2)C(=NC(CO)CCC)CC1. The summed E-state index contributed by atoms with van der Waals surface area (Å²) in [4.78, 5) is 13.7. The van der Waals surface area contributed by atoms with Crippen LogP contribution in [0.5, 0.6) is 0 Å². The number of rotatable bonds is 8. The number of ether oxygens (including phenoxy) is 1. The van der Waals surface area contributed by atoms with Crippen LogP contribution in [0.3, 0.4) is 0 Å². The Labute approximate surface area is 166 Å². The minimum atomic E-state index is -0.115. The van der Waals surface area contributed by atoms with Crippen molar-refractivity contribution in [3.63, 3.8) is 0 Å². The van der Waals surface area contributed by atoms with Crippen molar-refractivity contribution in [3.05, 3.63) is 66.8 Å². The molecule has 28 heavy (non-hydrogen) atoms. The molecule has 1 N–H and O–H groups in total. The fourth-order valence-corrected chi connectivity index (χ4v) is 3.16. The highest BCUT2D eigenvalue weighted by Gasteiger charge is 2.16. The van der Waals surface area contributed by atoms with Crippen LogP contribution in [0.2, 0.25) is 0 Å². The molecule has 1 aromatic heterocycles. The number of hydrogen-bond donors (Lipinski definition) is 1. The molecule has 0 bridgehead atoms. The van der Waals surface area contributed by atoms with Gasteiger partial charge in [0, 0.05) is 17.3 Å². The summed E-state index contributed by atoms with van der Waals surface area (Å²) in [5.41, 5.74) is 2.60. The van der Waals surface area contributed by atoms with Crippen molar-refractivity contribution in [2.24, 2.45) is 9.98 Å². The Balaban J connectivity index is 1.80. The predicted molar refractivity (Wildman–Crippen MR) is 115 cm³/mol. The van der Waals surface area contributed by atoms with Crippen LogP contribution in [0.4, 0.5) is 0 Å². The van der Waals surface area contributed by atoms with Crippen molar-refractivity contribution >= 4 is 22.2 Å². The fraction of sp³-hybridized carbons (Fsp3) is 0.348. The normalized spacial score (nSPS) is 17.0. The maximum atomic E-state index is 9.63. The molecule has 1 aromatic carbocycles. The maximum absolute atomic E-state index is 9.63. The van der Waals surface area contributed by atoms with Crippen molar-refractivity contribution in [2.45, 2.75) is 45.3 Å². The van der Waals surface area contributed by atoms with Gasteiger partial charge in [0.05, 0.1) is 30.3 Å². The lowest BCUT2D eigenvalue weighted by Gasteiger charge is -2.15. The fourth-order valence-electron chi connectivity index (χ4n) is 3.16. The zero-order valence-electron chi connectivity index (χ0n) is 16.3. The lowest BCUT2D eigenvalue weighted by molar-refractivity contribution is 0.211. The smallest absolute Gasteiger partial charge is 0.159 e. The van der Waals surface area contributed by atoms with Crippen LogP contribution in [-0.2, 0) is 11.3 Å². The van der Waals surface area contributed by atoms with E-state index in [2.05, 4.69) is 29.5 Å². The summed E-state index contributed by atoms with van der Waals surface area (Å²) in [7, 11) is 0. The Morgan fingerprint density at radius 3 is 2.86 bits per heavy atom. The molecule has 1 atom stereocenters. The molecular formula is C23H27N3O2. The molecule has 1 unspecified atom stereocenters. The molecule has 1 aliphatic heterocycles. The standard InChI is InChI=1S/C23H27N3O2/c1-3-7-20(15-27)26-22-11-10-19(4-2)25-14-23(22)28-16-21-12-17-8-5-6-9-18(17)13-24-21/h4-6,8-9,12-14,20,27H,2-3,7,10-11,15-16H2,1H3. The van der Waals surface area contributed by atoms with E-state index in [9.17, 15) is 5.11 Å². The van der Waals surface area contributed by atoms with Crippen molar-refractivity contribution in [2.75, 3.05) is 6.61 Å². The molecule has 2 aromatic rings. The number of hydrogen-bond acceptors (Lipinski definition) is 5. The Bertz CT molecular complexity index is 915. The van der Waals surface area contributed by atoms with E-state index in [4.69, 9.17) is 9.73 Å². The van der Waals surface area contributed by atoms with Gasteiger partial charge in [-0.25, -0.2) is 0 Å². The second-order valence-electron chi connectivity index (χ2n) is 6.83. The molecule has 2 heterocycles. The molecule has 0 aliphatic carbocycles. The van der Waals surface area contributed by atoms with E-state index in [1.807, 2.05) is 30.5 Å². The van der Waals surface area contributed by atoms with Crippen LogP contribution in [-0.4, -0.2) is 34.2 Å². The van der Waals surface area contributed by atoms with Gasteiger partial charge >= 0.3 is 0 Å². The molecule has 1 aliphatic rings. The Hall–Kier alpha value is -2.79. The number of allylic oxidation sites excluding steroid dienone is 2. The Morgan fingerprint density at radius 1 is 1.29 bits per heavy atom. The molecule has 0 saturated carbocycles. The zero-order valence-corrected chi connectivity index (χ0v) is 16.3. The van der Waals surface area contributed by atoms with E-state index in [-0.39, 0.29) is 12.6 Å². The molecule has 3 rings (SSSR count). The van der Waals surface area contributed by atoms with Crippen LogP contribution < -0.4 is 0 Å². The van der Waals surface area contributed by atoms with Gasteiger partial charge in [0.1, 0.15) is 6.61 Å². The van der Waals surface area contributed by atoms with E-state index < -0.39 is 0 Å². The summed E-state index contributed by atoms with van der Waals surface area (Å²) in [5.74, 6) is 0.640. The number of aromatic nitrogens is 1. The number of pyridine rings is 1. The largest absolute Gasteiger partial charge is 0.484 e. The molecule has 5 nitrogen and oxygen atoms in total. The van der Waals surface area contributed by atoms with Gasteiger partial charge in [0.25, 0.3) is 0 Å². The average molecular weight is 377 g/mol. The van der Waals surface area contributed by atoms with Gasteiger partial charge in [-0.15, -0.1) is 0 Å². The zero-order chi connectivity index (χ0) is 19.8. The average Bonchev–Trinajstić information content (AvgIpc) is 2.93. The van der Waals surface area contributed by atoms with Crippen LogP contribution in [0.15, 0.2) is 71.1 Å². The molecule has 0 saturated heterocycles. The van der Waals surface area contributed by atoms with E-state index in [0.717, 1.165) is 47.2 Å². The van der Waals surface area contributed by atoms with Gasteiger partial charge in [-0.05, 0) is 36.8 Å². The third-order valence-electron chi connectivity index (χ3n) is 4.72. The molecule has 5 heteroatoms. The number of aliphatic imine (C=N–C) groups is 2. The third kappa shape index (κ3) is 5.14. The number of nitrogens with zero attached hydrogens (tertiary/aromatic N) is 3. The summed E-state index contributed by atoms with van der Waals surface area (Å²) in [6, 6.07) is 10.0. The van der Waals surface area contributed by atoms with Crippen molar-refractivity contribution in [1.82, 2.24) is 4.98 Å². The first kappa shape index (κ1) is 20.0. The van der Waals surface area contributed by atoms with Crippen LogP contribution in [0.1, 0.15) is 38.3 Å². The van der Waals surface area contributed by atoms with Crippen LogP contribution in [0.25, 0.3) is 10.8 Å². The highest BCUT2D eigenvalue weighted by Crippen LogP contribution is 2.19. The van der Waals surface area contributed by atoms with Gasteiger partial charge in [0.15, 0.2) is 5.76 Å². The van der Waals surface area contributed by atoms with E-state index in [1.165, 1.54) is 0 Å². The summed E-state index contributed by atoms with van der Waals surface area (Å²) < 4.78 is 6.07. The second kappa shape index (κ2) is 9.95. The minimum absolute atomic E-state index is 0.0338. The van der Waals surface area contributed by atoms with E-state index in [0.29, 0.717) is 18.8 Å². The lowest BCUT2D eigenvalue weighted by atomic mass is 10.1. The van der Waals surface area contributed by atoms with E-state index >= 15 is 0 Å². The predicted octanol–water partition coefficient (Wildman–Crippen LogP) is 4.62. The summed E-state index contributed by atoms with van der Waals surface area (Å²) in [6.07, 6.45) is 8.61. The van der Waals surface area contributed by atoms with Crippen molar-refractivity contribution in [1.29, 1.82) is 0 Å². The summed E-state index contributed by atoms with van der Waals surface area (Å²) in [6.45, 7) is 6.28. The van der Waals surface area contributed by atoms with Gasteiger partial charge < -0.3 is 9.84 Å². The summed E-state index contributed by atoms with van der Waals surface area (Å²) >= 11 is 0. The maximum Gasteiger partial charge on any atom is 0.159 e. The topological polar surface area (TPSA) is 67.1 Å². The van der Waals surface area contributed by atoms with Gasteiger partial charge in [0.2, 0.25) is 0 Å². The first-order valence-electron chi connectivity index (χ1n) is 9.77. The van der Waals surface area contributed by atoms with Gasteiger partial charge in [-0.2, -0.15) is 0 Å². The molecule has 0 fully saturated rings. The molecule has 0 spiro atoms. The van der Waals surface area contributed by atoms with Crippen molar-refractivity contribution in [3.8, 4) is 0 Å². The molecule has 0 amide bonds. The van der Waals surface area contributed by atoms with Gasteiger partial charge in [-0.3, -0.25) is 15.0 Å². The van der Waals surface area contributed by atoms with E-state index in [1.54, 1.807) is 12.3 Å². The van der Waals surface area contributed by atoms with Gasteiger partial charge in [-0.1, -0.05) is 44.2 Å². The number of benzene rings is 1. The summed E-state index contributed by atoms with van der Waals surface area (Å²) in [5, 5.41) is 11.9.